The number of amides is 1. The van der Waals surface area contributed by atoms with Crippen LogP contribution in [-0.4, -0.2) is 28.6 Å². The second-order valence-corrected chi connectivity index (χ2v) is 7.51. The monoisotopic (exact) mass is 332 g/mol. The Morgan fingerprint density at radius 3 is 2.78 bits per heavy atom. The van der Waals surface area contributed by atoms with Gasteiger partial charge in [-0.3, -0.25) is 4.79 Å². The van der Waals surface area contributed by atoms with Crippen molar-refractivity contribution in [2.45, 2.75) is 51.0 Å². The first-order valence-electron chi connectivity index (χ1n) is 8.49. The summed E-state index contributed by atoms with van der Waals surface area (Å²) >= 11 is 1.72. The number of rotatable bonds is 6. The van der Waals surface area contributed by atoms with Crippen LogP contribution >= 0.6 is 11.3 Å². The summed E-state index contributed by atoms with van der Waals surface area (Å²) in [6.07, 6.45) is 6.31. The SMILES string of the molecule is O=C(CCCc1nc2ccccc2s1)NC1CCC(CO)CC1. The molecule has 124 valence electrons. The molecule has 3 rings (SSSR count). The molecule has 4 nitrogen and oxygen atoms in total. The van der Waals surface area contributed by atoms with Crippen molar-refractivity contribution in [2.24, 2.45) is 5.92 Å². The molecular formula is C18H24N2O2S. The Kier molecular flexibility index (Phi) is 5.62. The van der Waals surface area contributed by atoms with Crippen molar-refractivity contribution in [2.75, 3.05) is 6.61 Å². The molecular weight excluding hydrogens is 308 g/mol. The molecule has 0 spiro atoms. The number of hydrogen-bond acceptors (Lipinski definition) is 4. The second-order valence-electron chi connectivity index (χ2n) is 6.40. The highest BCUT2D eigenvalue weighted by Crippen LogP contribution is 2.24. The van der Waals surface area contributed by atoms with Crippen molar-refractivity contribution in [1.29, 1.82) is 0 Å². The lowest BCUT2D eigenvalue weighted by Crippen LogP contribution is -2.38. The van der Waals surface area contributed by atoms with Crippen molar-refractivity contribution in [1.82, 2.24) is 10.3 Å². The fourth-order valence-corrected chi connectivity index (χ4v) is 4.23. The van der Waals surface area contributed by atoms with Crippen LogP contribution in [0.2, 0.25) is 0 Å². The van der Waals surface area contributed by atoms with Crippen LogP contribution in [0.5, 0.6) is 0 Å². The maximum Gasteiger partial charge on any atom is 0.220 e. The number of benzene rings is 1. The number of fused-ring (bicyclic) bond motifs is 1. The number of thiazole rings is 1. The predicted octanol–water partition coefficient (Wildman–Crippen LogP) is 3.29. The van der Waals surface area contributed by atoms with Crippen molar-refractivity contribution in [3.8, 4) is 0 Å². The molecule has 0 saturated heterocycles. The average Bonchev–Trinajstić information content (AvgIpc) is 2.98. The Morgan fingerprint density at radius 1 is 1.26 bits per heavy atom. The number of nitrogens with one attached hydrogen (secondary N) is 1. The highest BCUT2D eigenvalue weighted by atomic mass is 32.1. The van der Waals surface area contributed by atoms with Crippen molar-refractivity contribution in [3.05, 3.63) is 29.3 Å². The average molecular weight is 332 g/mol. The maximum atomic E-state index is 12.0. The molecule has 0 unspecified atom stereocenters. The van der Waals surface area contributed by atoms with Crippen LogP contribution in [0.4, 0.5) is 0 Å². The third kappa shape index (κ3) is 4.52. The number of aliphatic hydroxyl groups excluding tert-OH is 1. The molecule has 5 heteroatoms. The van der Waals surface area contributed by atoms with Crippen LogP contribution in [0.3, 0.4) is 0 Å². The van der Waals surface area contributed by atoms with Gasteiger partial charge in [0.25, 0.3) is 0 Å². The van der Waals surface area contributed by atoms with Crippen molar-refractivity contribution in [3.63, 3.8) is 0 Å². The van der Waals surface area contributed by atoms with Gasteiger partial charge in [0.2, 0.25) is 5.91 Å². The van der Waals surface area contributed by atoms with Gasteiger partial charge in [-0.2, -0.15) is 0 Å². The van der Waals surface area contributed by atoms with Gasteiger partial charge in [-0.1, -0.05) is 12.1 Å². The highest BCUT2D eigenvalue weighted by molar-refractivity contribution is 7.18. The summed E-state index contributed by atoms with van der Waals surface area (Å²) in [6, 6.07) is 8.46. The van der Waals surface area contributed by atoms with E-state index < -0.39 is 0 Å². The van der Waals surface area contributed by atoms with E-state index in [2.05, 4.69) is 16.4 Å². The third-order valence-corrected chi connectivity index (χ3v) is 5.70. The standard InChI is InChI=1S/C18H24N2O2S/c21-12-13-8-10-14(11-9-13)19-17(22)6-3-7-18-20-15-4-1-2-5-16(15)23-18/h1-2,4-5,13-14,21H,3,6-12H2,(H,19,22). The molecule has 1 saturated carbocycles. The quantitative estimate of drug-likeness (QED) is 0.853. The minimum Gasteiger partial charge on any atom is -0.396 e. The van der Waals surface area contributed by atoms with Crippen LogP contribution in [0.1, 0.15) is 43.5 Å². The van der Waals surface area contributed by atoms with E-state index in [4.69, 9.17) is 5.11 Å². The Hall–Kier alpha value is -1.46. The molecule has 23 heavy (non-hydrogen) atoms. The largest absolute Gasteiger partial charge is 0.396 e. The zero-order valence-corrected chi connectivity index (χ0v) is 14.1. The zero-order valence-electron chi connectivity index (χ0n) is 13.3. The summed E-state index contributed by atoms with van der Waals surface area (Å²) in [4.78, 5) is 16.7. The van der Waals surface area contributed by atoms with Gasteiger partial charge in [-0.05, 0) is 56.6 Å². The van der Waals surface area contributed by atoms with E-state index in [1.807, 2.05) is 18.2 Å². The van der Waals surface area contributed by atoms with Crippen LogP contribution in [0.25, 0.3) is 10.2 Å². The summed E-state index contributed by atoms with van der Waals surface area (Å²) in [6.45, 7) is 0.281. The van der Waals surface area contributed by atoms with E-state index in [-0.39, 0.29) is 12.5 Å². The molecule has 1 amide bonds. The smallest absolute Gasteiger partial charge is 0.220 e. The van der Waals surface area contributed by atoms with Crippen molar-refractivity contribution < 1.29 is 9.90 Å². The molecule has 0 bridgehead atoms. The first-order valence-corrected chi connectivity index (χ1v) is 9.31. The molecule has 1 aliphatic carbocycles. The Labute approximate surface area is 140 Å². The number of carbonyl (C=O) groups excluding carboxylic acids is 1. The first-order chi connectivity index (χ1) is 11.2. The highest BCUT2D eigenvalue weighted by Gasteiger charge is 2.21. The summed E-state index contributed by atoms with van der Waals surface area (Å²) in [5.74, 6) is 0.584. The number of aliphatic hydroxyl groups is 1. The van der Waals surface area contributed by atoms with Gasteiger partial charge in [-0.15, -0.1) is 11.3 Å². The lowest BCUT2D eigenvalue weighted by Gasteiger charge is -2.27. The van der Waals surface area contributed by atoms with Crippen LogP contribution in [0.15, 0.2) is 24.3 Å². The van der Waals surface area contributed by atoms with Gasteiger partial charge in [0.15, 0.2) is 0 Å². The van der Waals surface area contributed by atoms with E-state index in [1.54, 1.807) is 11.3 Å². The van der Waals surface area contributed by atoms with Gasteiger partial charge < -0.3 is 10.4 Å². The van der Waals surface area contributed by atoms with E-state index >= 15 is 0 Å². The van der Waals surface area contributed by atoms with Gasteiger partial charge in [0, 0.05) is 19.1 Å². The summed E-state index contributed by atoms with van der Waals surface area (Å²) in [5, 5.41) is 13.4. The maximum absolute atomic E-state index is 12.0. The molecule has 1 fully saturated rings. The van der Waals surface area contributed by atoms with E-state index in [9.17, 15) is 4.79 Å². The van der Waals surface area contributed by atoms with Crippen LogP contribution in [0, 0.1) is 5.92 Å². The van der Waals surface area contributed by atoms with E-state index in [0.29, 0.717) is 18.4 Å². The summed E-state index contributed by atoms with van der Waals surface area (Å²) < 4.78 is 1.22. The molecule has 0 aliphatic heterocycles. The third-order valence-electron chi connectivity index (χ3n) is 4.60. The normalized spacial score (nSPS) is 21.4. The number of carbonyl (C=O) groups is 1. The number of aryl methyl sites for hydroxylation is 1. The minimum atomic E-state index is 0.151. The van der Waals surface area contributed by atoms with E-state index in [1.165, 1.54) is 4.70 Å². The Bertz CT molecular complexity index is 614. The molecule has 0 atom stereocenters. The number of hydrogen-bond donors (Lipinski definition) is 2. The summed E-state index contributed by atoms with van der Waals surface area (Å²) in [5.41, 5.74) is 1.05. The van der Waals surface area contributed by atoms with Crippen LogP contribution < -0.4 is 5.32 Å². The molecule has 1 aromatic carbocycles. The zero-order chi connectivity index (χ0) is 16.1. The van der Waals surface area contributed by atoms with Gasteiger partial charge in [-0.25, -0.2) is 4.98 Å². The lowest BCUT2D eigenvalue weighted by molar-refractivity contribution is -0.122. The summed E-state index contributed by atoms with van der Waals surface area (Å²) in [7, 11) is 0. The van der Waals surface area contributed by atoms with E-state index in [0.717, 1.165) is 49.0 Å². The first kappa shape index (κ1) is 16.4. The molecule has 2 N–H and O–H groups in total. The number of aromatic nitrogens is 1. The Balaban J connectivity index is 1.39. The van der Waals surface area contributed by atoms with Gasteiger partial charge in [0.05, 0.1) is 15.2 Å². The van der Waals surface area contributed by atoms with Crippen LogP contribution in [-0.2, 0) is 11.2 Å². The molecule has 1 heterocycles. The Morgan fingerprint density at radius 2 is 2.04 bits per heavy atom. The fraction of sp³-hybridized carbons (Fsp3) is 0.556. The molecule has 1 aliphatic rings. The molecule has 1 aromatic heterocycles. The second kappa shape index (κ2) is 7.88. The lowest BCUT2D eigenvalue weighted by atomic mass is 9.86. The molecule has 2 aromatic rings. The van der Waals surface area contributed by atoms with Gasteiger partial charge in [0.1, 0.15) is 0 Å². The number of nitrogens with zero attached hydrogens (tertiary/aromatic N) is 1. The van der Waals surface area contributed by atoms with Crippen molar-refractivity contribution >= 4 is 27.5 Å². The fourth-order valence-electron chi connectivity index (χ4n) is 3.22. The predicted molar refractivity (Wildman–Crippen MR) is 93.5 cm³/mol. The topological polar surface area (TPSA) is 62.2 Å². The minimum absolute atomic E-state index is 0.151. The number of para-hydroxylation sites is 1. The van der Waals surface area contributed by atoms with Gasteiger partial charge >= 0.3 is 0 Å². The molecule has 0 radical (unpaired) electrons.